The van der Waals surface area contributed by atoms with Gasteiger partial charge in [0.15, 0.2) is 0 Å². The number of halogens is 3. The molecule has 0 aliphatic carbocycles. The Balaban J connectivity index is 1.84. The van der Waals surface area contributed by atoms with Crippen molar-refractivity contribution in [3.63, 3.8) is 0 Å². The molecule has 0 aliphatic rings. The summed E-state index contributed by atoms with van der Waals surface area (Å²) in [5.74, 6) is -1.40. The monoisotopic (exact) mass is 375 g/mol. The zero-order valence-electron chi connectivity index (χ0n) is 14.2. The third kappa shape index (κ3) is 3.75. The maximum absolute atomic E-state index is 14.0. The molecule has 2 aromatic carbocycles. The number of aryl methyl sites for hydroxylation is 2. The molecule has 0 aliphatic heterocycles. The molecule has 26 heavy (non-hydrogen) atoms. The van der Waals surface area contributed by atoms with Crippen LogP contribution in [0, 0.1) is 25.5 Å². The Hall–Kier alpha value is -2.73. The van der Waals surface area contributed by atoms with Crippen LogP contribution in [0.25, 0.3) is 0 Å². The maximum atomic E-state index is 14.0. The number of carbonyl (C=O) groups excluding carboxylic acids is 1. The largest absolute Gasteiger partial charge is 0.319 e. The number of benzene rings is 2. The van der Waals surface area contributed by atoms with Gasteiger partial charge in [-0.1, -0.05) is 29.8 Å². The van der Waals surface area contributed by atoms with Crippen LogP contribution in [0.15, 0.2) is 42.5 Å². The first-order chi connectivity index (χ1) is 12.3. The molecule has 0 saturated carbocycles. The van der Waals surface area contributed by atoms with Gasteiger partial charge in [0.1, 0.15) is 16.8 Å². The summed E-state index contributed by atoms with van der Waals surface area (Å²) >= 11 is 6.31. The van der Waals surface area contributed by atoms with Gasteiger partial charge in [0.2, 0.25) is 0 Å². The van der Waals surface area contributed by atoms with Gasteiger partial charge in [0.25, 0.3) is 5.91 Å². The van der Waals surface area contributed by atoms with Gasteiger partial charge in [-0.2, -0.15) is 5.10 Å². The van der Waals surface area contributed by atoms with Crippen molar-refractivity contribution in [1.82, 2.24) is 9.78 Å². The Bertz CT molecular complexity index is 968. The van der Waals surface area contributed by atoms with E-state index in [2.05, 4.69) is 10.4 Å². The Morgan fingerprint density at radius 2 is 1.85 bits per heavy atom. The smallest absolute Gasteiger partial charge is 0.260 e. The molecule has 1 heterocycles. The lowest BCUT2D eigenvalue weighted by Crippen LogP contribution is -2.14. The lowest BCUT2D eigenvalue weighted by Gasteiger charge is -2.07. The Labute approximate surface area is 154 Å². The molecule has 0 bridgehead atoms. The van der Waals surface area contributed by atoms with Crippen molar-refractivity contribution in [3.05, 3.63) is 81.6 Å². The molecule has 0 saturated heterocycles. The Morgan fingerprint density at radius 1 is 1.15 bits per heavy atom. The summed E-state index contributed by atoms with van der Waals surface area (Å²) in [7, 11) is 0. The van der Waals surface area contributed by atoms with Crippen molar-refractivity contribution >= 4 is 23.2 Å². The lowest BCUT2D eigenvalue weighted by molar-refractivity contribution is 0.102. The molecule has 0 radical (unpaired) electrons. The molecule has 1 amide bonds. The highest BCUT2D eigenvalue weighted by Crippen LogP contribution is 2.23. The molecule has 0 fully saturated rings. The zero-order chi connectivity index (χ0) is 18.8. The van der Waals surface area contributed by atoms with E-state index in [1.807, 2.05) is 0 Å². The van der Waals surface area contributed by atoms with Crippen molar-refractivity contribution < 1.29 is 13.6 Å². The average Bonchev–Trinajstić information content (AvgIpc) is 2.86. The molecule has 0 atom stereocenters. The van der Waals surface area contributed by atoms with Crippen LogP contribution in [0.3, 0.4) is 0 Å². The van der Waals surface area contributed by atoms with Crippen molar-refractivity contribution in [1.29, 1.82) is 0 Å². The Kier molecular flexibility index (Phi) is 5.04. The van der Waals surface area contributed by atoms with Crippen LogP contribution in [-0.4, -0.2) is 15.7 Å². The van der Waals surface area contributed by atoms with Crippen molar-refractivity contribution in [2.75, 3.05) is 5.32 Å². The minimum absolute atomic E-state index is 0.0716. The highest BCUT2D eigenvalue weighted by molar-refractivity contribution is 6.33. The van der Waals surface area contributed by atoms with Crippen LogP contribution >= 0.6 is 11.6 Å². The van der Waals surface area contributed by atoms with Crippen molar-refractivity contribution in [2.24, 2.45) is 0 Å². The maximum Gasteiger partial charge on any atom is 0.260 e. The predicted molar refractivity (Wildman–Crippen MR) is 96.6 cm³/mol. The molecule has 0 spiro atoms. The van der Waals surface area contributed by atoms with Gasteiger partial charge in [-0.25, -0.2) is 13.5 Å². The summed E-state index contributed by atoms with van der Waals surface area (Å²) in [5.41, 5.74) is 2.20. The van der Waals surface area contributed by atoms with E-state index in [0.29, 0.717) is 5.69 Å². The van der Waals surface area contributed by atoms with E-state index < -0.39 is 11.7 Å². The molecular formula is C19H16ClF2N3O. The standard InChI is InChI=1S/C19H16ClF2N3O/c1-11-3-8-16(15(22)9-11)23-19(26)17-12(2)24-25(18(17)20)10-13-4-6-14(21)7-5-13/h3-9H,10H2,1-2H3,(H,23,26). The van der Waals surface area contributed by atoms with E-state index in [0.717, 1.165) is 11.1 Å². The zero-order valence-corrected chi connectivity index (χ0v) is 14.9. The summed E-state index contributed by atoms with van der Waals surface area (Å²) in [4.78, 5) is 12.5. The minimum Gasteiger partial charge on any atom is -0.319 e. The molecule has 3 aromatic rings. The number of carbonyl (C=O) groups is 1. The summed E-state index contributed by atoms with van der Waals surface area (Å²) < 4.78 is 28.4. The van der Waals surface area contributed by atoms with Gasteiger partial charge in [0, 0.05) is 0 Å². The number of amides is 1. The molecule has 0 unspecified atom stereocenters. The second-order valence-corrected chi connectivity index (χ2v) is 6.33. The molecule has 7 heteroatoms. The summed E-state index contributed by atoms with van der Waals surface area (Å²) in [6, 6.07) is 10.4. The van der Waals surface area contributed by atoms with Crippen LogP contribution in [0.4, 0.5) is 14.5 Å². The van der Waals surface area contributed by atoms with E-state index in [4.69, 9.17) is 11.6 Å². The first-order valence-corrected chi connectivity index (χ1v) is 8.28. The normalized spacial score (nSPS) is 10.8. The molecular weight excluding hydrogens is 360 g/mol. The number of hydrogen-bond donors (Lipinski definition) is 1. The van der Waals surface area contributed by atoms with E-state index >= 15 is 0 Å². The van der Waals surface area contributed by atoms with Gasteiger partial charge in [0.05, 0.1) is 23.5 Å². The summed E-state index contributed by atoms with van der Waals surface area (Å²) in [6.07, 6.45) is 0. The van der Waals surface area contributed by atoms with Gasteiger partial charge in [-0.3, -0.25) is 4.79 Å². The SMILES string of the molecule is Cc1ccc(NC(=O)c2c(C)nn(Cc3ccc(F)cc3)c2Cl)c(F)c1. The van der Waals surface area contributed by atoms with Gasteiger partial charge >= 0.3 is 0 Å². The summed E-state index contributed by atoms with van der Waals surface area (Å²) in [6.45, 7) is 3.69. The van der Waals surface area contributed by atoms with Crippen molar-refractivity contribution in [2.45, 2.75) is 20.4 Å². The topological polar surface area (TPSA) is 46.9 Å². The van der Waals surface area contributed by atoms with Crippen LogP contribution in [0.1, 0.15) is 27.2 Å². The fourth-order valence-electron chi connectivity index (χ4n) is 2.59. The van der Waals surface area contributed by atoms with E-state index in [9.17, 15) is 13.6 Å². The first kappa shape index (κ1) is 18.1. The number of nitrogens with zero attached hydrogens (tertiary/aromatic N) is 2. The second-order valence-electron chi connectivity index (χ2n) is 5.97. The Morgan fingerprint density at radius 3 is 2.50 bits per heavy atom. The number of aromatic nitrogens is 2. The van der Waals surface area contributed by atoms with Crippen LogP contribution in [0.5, 0.6) is 0 Å². The molecule has 134 valence electrons. The highest BCUT2D eigenvalue weighted by atomic mass is 35.5. The van der Waals surface area contributed by atoms with Gasteiger partial charge in [-0.15, -0.1) is 0 Å². The van der Waals surface area contributed by atoms with Gasteiger partial charge < -0.3 is 5.32 Å². The van der Waals surface area contributed by atoms with Crippen LogP contribution in [-0.2, 0) is 6.54 Å². The predicted octanol–water partition coefficient (Wildman–Crippen LogP) is 4.73. The fourth-order valence-corrected chi connectivity index (χ4v) is 2.91. The average molecular weight is 376 g/mol. The quantitative estimate of drug-likeness (QED) is 0.716. The van der Waals surface area contributed by atoms with Crippen LogP contribution < -0.4 is 5.32 Å². The fraction of sp³-hybridized carbons (Fsp3) is 0.158. The van der Waals surface area contributed by atoms with E-state index in [1.54, 1.807) is 32.0 Å². The first-order valence-electron chi connectivity index (χ1n) is 7.90. The van der Waals surface area contributed by atoms with Crippen molar-refractivity contribution in [3.8, 4) is 0 Å². The second kappa shape index (κ2) is 7.25. The van der Waals surface area contributed by atoms with E-state index in [1.165, 1.54) is 28.9 Å². The third-order valence-corrected chi connectivity index (χ3v) is 4.29. The number of rotatable bonds is 4. The third-order valence-electron chi connectivity index (χ3n) is 3.91. The molecule has 1 N–H and O–H groups in total. The van der Waals surface area contributed by atoms with Crippen LogP contribution in [0.2, 0.25) is 5.15 Å². The molecule has 4 nitrogen and oxygen atoms in total. The number of hydrogen-bond acceptors (Lipinski definition) is 2. The molecule has 1 aromatic heterocycles. The molecule has 3 rings (SSSR count). The van der Waals surface area contributed by atoms with Gasteiger partial charge in [-0.05, 0) is 49.2 Å². The minimum atomic E-state index is -0.541. The summed E-state index contributed by atoms with van der Waals surface area (Å²) in [5, 5.41) is 6.92. The van der Waals surface area contributed by atoms with E-state index in [-0.39, 0.29) is 28.8 Å². The highest BCUT2D eigenvalue weighted by Gasteiger charge is 2.21. The lowest BCUT2D eigenvalue weighted by atomic mass is 10.2. The number of anilines is 1. The number of nitrogens with one attached hydrogen (secondary N) is 1.